The van der Waals surface area contributed by atoms with Crippen LogP contribution in [0, 0.1) is 6.92 Å². The van der Waals surface area contributed by atoms with Crippen molar-refractivity contribution in [3.63, 3.8) is 0 Å². The molecule has 1 atom stereocenters. The monoisotopic (exact) mass is 261 g/mol. The summed E-state index contributed by atoms with van der Waals surface area (Å²) in [5.74, 6) is -0.0290. The van der Waals surface area contributed by atoms with Crippen LogP contribution in [0.5, 0.6) is 0 Å². The number of hydrogen-bond acceptors (Lipinski definition) is 3. The van der Waals surface area contributed by atoms with Gasteiger partial charge in [-0.2, -0.15) is 0 Å². The highest BCUT2D eigenvalue weighted by Crippen LogP contribution is 2.21. The fraction of sp³-hybridized carbons (Fsp3) is 0.533. The van der Waals surface area contributed by atoms with Crippen LogP contribution in [0.25, 0.3) is 0 Å². The fourth-order valence-electron chi connectivity index (χ4n) is 2.48. The largest absolute Gasteiger partial charge is 0.382 e. The maximum atomic E-state index is 11.1. The molecule has 0 spiro atoms. The molecule has 0 saturated carbocycles. The van der Waals surface area contributed by atoms with Gasteiger partial charge in [0.25, 0.3) is 0 Å². The van der Waals surface area contributed by atoms with E-state index in [1.54, 1.807) is 0 Å². The summed E-state index contributed by atoms with van der Waals surface area (Å²) in [6.07, 6.45) is 3.59. The molecular weight excluding hydrogens is 238 g/mol. The molecule has 1 amide bonds. The van der Waals surface area contributed by atoms with Crippen molar-refractivity contribution in [3.05, 3.63) is 23.8 Å². The van der Waals surface area contributed by atoms with Crippen LogP contribution in [0.15, 0.2) is 18.2 Å². The van der Waals surface area contributed by atoms with Gasteiger partial charge in [0, 0.05) is 24.3 Å². The van der Waals surface area contributed by atoms with Crippen molar-refractivity contribution >= 4 is 17.3 Å². The lowest BCUT2D eigenvalue weighted by molar-refractivity contribution is -0.114. The minimum atomic E-state index is -0.0290. The Morgan fingerprint density at radius 1 is 1.32 bits per heavy atom. The summed E-state index contributed by atoms with van der Waals surface area (Å²) < 4.78 is 0. The number of carbonyl (C=O) groups is 1. The normalized spacial score (nSPS) is 19.6. The molecule has 1 heterocycles. The summed E-state index contributed by atoms with van der Waals surface area (Å²) in [5, 5.41) is 9.84. The van der Waals surface area contributed by atoms with Crippen LogP contribution in [0.2, 0.25) is 0 Å². The van der Waals surface area contributed by atoms with Crippen LogP contribution in [-0.4, -0.2) is 25.0 Å². The molecule has 1 unspecified atom stereocenters. The quantitative estimate of drug-likeness (QED) is 0.783. The van der Waals surface area contributed by atoms with Crippen molar-refractivity contribution < 1.29 is 4.79 Å². The SMILES string of the molecule is CC(=O)Nc1ccc(NC2CCCNCC2)cc1C. The number of rotatable bonds is 3. The van der Waals surface area contributed by atoms with Crippen molar-refractivity contribution in [1.82, 2.24) is 5.32 Å². The summed E-state index contributed by atoms with van der Waals surface area (Å²) in [6.45, 7) is 5.76. The Morgan fingerprint density at radius 3 is 2.89 bits per heavy atom. The van der Waals surface area contributed by atoms with Gasteiger partial charge in [0.05, 0.1) is 0 Å². The van der Waals surface area contributed by atoms with E-state index in [2.05, 4.69) is 22.0 Å². The molecule has 0 aliphatic carbocycles. The third kappa shape index (κ3) is 4.24. The molecule has 1 aliphatic heterocycles. The third-order valence-corrected chi connectivity index (χ3v) is 3.48. The van der Waals surface area contributed by atoms with E-state index in [1.807, 2.05) is 19.1 Å². The second kappa shape index (κ2) is 6.57. The van der Waals surface area contributed by atoms with Crippen molar-refractivity contribution in [2.75, 3.05) is 23.7 Å². The van der Waals surface area contributed by atoms with Crippen LogP contribution in [0.3, 0.4) is 0 Å². The first-order valence-electron chi connectivity index (χ1n) is 7.00. The van der Waals surface area contributed by atoms with E-state index < -0.39 is 0 Å². The molecule has 1 aliphatic rings. The number of hydrogen-bond donors (Lipinski definition) is 3. The van der Waals surface area contributed by atoms with Gasteiger partial charge in [0.1, 0.15) is 0 Å². The third-order valence-electron chi connectivity index (χ3n) is 3.48. The van der Waals surface area contributed by atoms with Crippen molar-refractivity contribution in [2.45, 2.75) is 39.2 Å². The van der Waals surface area contributed by atoms with Crippen LogP contribution >= 0.6 is 0 Å². The molecular formula is C15H23N3O. The summed E-state index contributed by atoms with van der Waals surface area (Å²) in [4.78, 5) is 11.1. The van der Waals surface area contributed by atoms with Crippen LogP contribution in [0.1, 0.15) is 31.7 Å². The number of anilines is 2. The van der Waals surface area contributed by atoms with E-state index in [4.69, 9.17) is 0 Å². The molecule has 1 aromatic rings. The lowest BCUT2D eigenvalue weighted by Crippen LogP contribution is -2.21. The van der Waals surface area contributed by atoms with Crippen molar-refractivity contribution in [2.24, 2.45) is 0 Å². The summed E-state index contributed by atoms with van der Waals surface area (Å²) in [7, 11) is 0. The molecule has 1 fully saturated rings. The molecule has 2 rings (SSSR count). The number of amides is 1. The Morgan fingerprint density at radius 2 is 2.16 bits per heavy atom. The summed E-state index contributed by atoms with van der Waals surface area (Å²) in [6, 6.07) is 6.65. The second-order valence-electron chi connectivity index (χ2n) is 5.23. The second-order valence-corrected chi connectivity index (χ2v) is 5.23. The molecule has 0 aromatic heterocycles. The predicted molar refractivity (Wildman–Crippen MR) is 79.6 cm³/mol. The van der Waals surface area contributed by atoms with Crippen molar-refractivity contribution in [3.8, 4) is 0 Å². The fourth-order valence-corrected chi connectivity index (χ4v) is 2.48. The zero-order valence-corrected chi connectivity index (χ0v) is 11.8. The van der Waals surface area contributed by atoms with Gasteiger partial charge < -0.3 is 16.0 Å². The van der Waals surface area contributed by atoms with E-state index in [9.17, 15) is 4.79 Å². The molecule has 4 nitrogen and oxygen atoms in total. The minimum absolute atomic E-state index is 0.0290. The van der Waals surface area contributed by atoms with Gasteiger partial charge >= 0.3 is 0 Å². The molecule has 1 saturated heterocycles. The Kier molecular flexibility index (Phi) is 4.80. The summed E-state index contributed by atoms with van der Waals surface area (Å²) >= 11 is 0. The highest BCUT2D eigenvalue weighted by molar-refractivity contribution is 5.89. The van der Waals surface area contributed by atoms with Crippen LogP contribution in [0.4, 0.5) is 11.4 Å². The molecule has 1 aromatic carbocycles. The standard InChI is InChI=1S/C15H23N3O/c1-11-10-14(5-6-15(11)17-12(2)19)18-13-4-3-8-16-9-7-13/h5-6,10,13,16,18H,3-4,7-9H2,1-2H3,(H,17,19). The topological polar surface area (TPSA) is 53.2 Å². The average Bonchev–Trinajstić information content (AvgIpc) is 2.61. The maximum absolute atomic E-state index is 11.1. The maximum Gasteiger partial charge on any atom is 0.221 e. The summed E-state index contributed by atoms with van der Waals surface area (Å²) in [5.41, 5.74) is 3.12. The Labute approximate surface area is 115 Å². The zero-order chi connectivity index (χ0) is 13.7. The van der Waals surface area contributed by atoms with Gasteiger partial charge in [0.15, 0.2) is 0 Å². The van der Waals surface area contributed by atoms with E-state index in [0.717, 1.165) is 36.4 Å². The number of carbonyl (C=O) groups excluding carboxylic acids is 1. The van der Waals surface area contributed by atoms with Gasteiger partial charge in [-0.1, -0.05) is 0 Å². The van der Waals surface area contributed by atoms with Gasteiger partial charge in [0.2, 0.25) is 5.91 Å². The molecule has 104 valence electrons. The van der Waals surface area contributed by atoms with Crippen molar-refractivity contribution in [1.29, 1.82) is 0 Å². The number of benzene rings is 1. The Balaban J connectivity index is 2.00. The highest BCUT2D eigenvalue weighted by Gasteiger charge is 2.11. The molecule has 3 N–H and O–H groups in total. The van der Waals surface area contributed by atoms with E-state index in [1.165, 1.54) is 19.8 Å². The smallest absolute Gasteiger partial charge is 0.221 e. The first-order valence-corrected chi connectivity index (χ1v) is 7.00. The number of nitrogens with one attached hydrogen (secondary N) is 3. The van der Waals surface area contributed by atoms with Crippen LogP contribution in [-0.2, 0) is 4.79 Å². The van der Waals surface area contributed by atoms with E-state index in [-0.39, 0.29) is 5.91 Å². The Hall–Kier alpha value is -1.55. The molecule has 4 heteroatoms. The van der Waals surface area contributed by atoms with Gasteiger partial charge in [-0.15, -0.1) is 0 Å². The first-order chi connectivity index (χ1) is 9.15. The Bertz CT molecular complexity index is 437. The van der Waals surface area contributed by atoms with E-state index >= 15 is 0 Å². The lowest BCUT2D eigenvalue weighted by atomic mass is 10.1. The molecule has 0 radical (unpaired) electrons. The van der Waals surface area contributed by atoms with Crippen LogP contribution < -0.4 is 16.0 Å². The van der Waals surface area contributed by atoms with E-state index in [0.29, 0.717) is 6.04 Å². The van der Waals surface area contributed by atoms with Gasteiger partial charge in [-0.25, -0.2) is 0 Å². The lowest BCUT2D eigenvalue weighted by Gasteiger charge is -2.18. The zero-order valence-electron chi connectivity index (χ0n) is 11.8. The van der Waals surface area contributed by atoms with Gasteiger partial charge in [-0.3, -0.25) is 4.79 Å². The predicted octanol–water partition coefficient (Wildman–Crippen LogP) is 2.51. The first kappa shape index (κ1) is 13.9. The van der Waals surface area contributed by atoms with Gasteiger partial charge in [-0.05, 0) is 63.0 Å². The average molecular weight is 261 g/mol. The molecule has 19 heavy (non-hydrogen) atoms. The minimum Gasteiger partial charge on any atom is -0.382 e. The highest BCUT2D eigenvalue weighted by atomic mass is 16.1. The molecule has 0 bridgehead atoms. The number of aryl methyl sites for hydroxylation is 1.